The minimum Gasteiger partial charge on any atom is -0.367 e. The molecule has 2 heterocycles. The predicted molar refractivity (Wildman–Crippen MR) is 96.5 cm³/mol. The van der Waals surface area contributed by atoms with E-state index in [1.807, 2.05) is 24.5 Å². The van der Waals surface area contributed by atoms with E-state index in [4.69, 9.17) is 4.98 Å². The molecule has 0 unspecified atom stereocenters. The summed E-state index contributed by atoms with van der Waals surface area (Å²) >= 11 is 0. The van der Waals surface area contributed by atoms with Gasteiger partial charge in [-0.2, -0.15) is 0 Å². The Morgan fingerprint density at radius 2 is 1.74 bits per heavy atom. The van der Waals surface area contributed by atoms with Crippen LogP contribution in [0.1, 0.15) is 52.0 Å². The molecule has 0 bridgehead atoms. The minimum atomic E-state index is 0.256. The molecular formula is C20H27N3. The highest BCUT2D eigenvalue weighted by atomic mass is 15.0. The third kappa shape index (κ3) is 4.31. The number of hydrogen-bond donors (Lipinski definition) is 1. The number of pyridine rings is 2. The topological polar surface area (TPSA) is 37.8 Å². The highest BCUT2D eigenvalue weighted by molar-refractivity contribution is 5.62. The quantitative estimate of drug-likeness (QED) is 0.855. The van der Waals surface area contributed by atoms with Gasteiger partial charge in [0.25, 0.3) is 0 Å². The van der Waals surface area contributed by atoms with E-state index >= 15 is 0 Å². The van der Waals surface area contributed by atoms with Crippen LogP contribution in [-0.4, -0.2) is 16.0 Å². The number of anilines is 1. The van der Waals surface area contributed by atoms with E-state index in [9.17, 15) is 0 Å². The molecule has 3 nitrogen and oxygen atoms in total. The Morgan fingerprint density at radius 3 is 2.39 bits per heavy atom. The fraction of sp³-hybridized carbons (Fsp3) is 0.500. The molecule has 0 atom stereocenters. The number of hydrogen-bond acceptors (Lipinski definition) is 3. The maximum Gasteiger partial charge on any atom is 0.130 e. The van der Waals surface area contributed by atoms with Crippen LogP contribution in [-0.2, 0) is 6.42 Å². The summed E-state index contributed by atoms with van der Waals surface area (Å²) in [5, 5.41) is 3.72. The Balaban J connectivity index is 1.92. The first-order chi connectivity index (χ1) is 11.0. The van der Waals surface area contributed by atoms with Crippen LogP contribution in [0.25, 0.3) is 11.3 Å². The second kappa shape index (κ2) is 6.69. The number of aromatic nitrogens is 2. The monoisotopic (exact) mass is 309 g/mol. The fourth-order valence-corrected chi connectivity index (χ4v) is 3.27. The second-order valence-corrected chi connectivity index (χ2v) is 7.80. The van der Waals surface area contributed by atoms with Crippen LogP contribution in [0.2, 0.25) is 0 Å². The van der Waals surface area contributed by atoms with E-state index in [1.165, 1.54) is 31.2 Å². The highest BCUT2D eigenvalue weighted by Gasteiger charge is 2.20. The molecule has 1 fully saturated rings. The molecule has 1 aliphatic rings. The van der Waals surface area contributed by atoms with Gasteiger partial charge in [-0.05, 0) is 48.4 Å². The molecular weight excluding hydrogens is 282 g/mol. The largest absolute Gasteiger partial charge is 0.367 e. The van der Waals surface area contributed by atoms with Crippen LogP contribution >= 0.6 is 0 Å². The molecule has 2 aromatic heterocycles. The lowest BCUT2D eigenvalue weighted by Crippen LogP contribution is -2.19. The molecule has 0 spiro atoms. The van der Waals surface area contributed by atoms with Gasteiger partial charge in [-0.15, -0.1) is 0 Å². The third-order valence-electron chi connectivity index (χ3n) is 4.37. The first-order valence-electron chi connectivity index (χ1n) is 8.68. The molecule has 0 saturated heterocycles. The zero-order chi connectivity index (χ0) is 16.3. The lowest BCUT2D eigenvalue weighted by atomic mass is 9.88. The van der Waals surface area contributed by atoms with Gasteiger partial charge in [0, 0.05) is 24.0 Å². The van der Waals surface area contributed by atoms with E-state index in [-0.39, 0.29) is 5.41 Å². The van der Waals surface area contributed by atoms with Crippen molar-refractivity contribution >= 4 is 5.82 Å². The fourth-order valence-electron chi connectivity index (χ4n) is 3.27. The predicted octanol–water partition coefficient (Wildman–Crippen LogP) is 5.09. The van der Waals surface area contributed by atoms with E-state index < -0.39 is 0 Å². The van der Waals surface area contributed by atoms with Crippen LogP contribution in [0.4, 0.5) is 5.82 Å². The van der Waals surface area contributed by atoms with Crippen LogP contribution in [0.15, 0.2) is 36.7 Å². The molecule has 122 valence electrons. The molecule has 0 aliphatic heterocycles. The number of rotatable bonds is 4. The van der Waals surface area contributed by atoms with Crippen molar-refractivity contribution in [2.24, 2.45) is 5.41 Å². The lowest BCUT2D eigenvalue weighted by Gasteiger charge is -2.22. The molecule has 3 heteroatoms. The van der Waals surface area contributed by atoms with Crippen LogP contribution in [0.5, 0.6) is 0 Å². The van der Waals surface area contributed by atoms with Crippen molar-refractivity contribution in [3.63, 3.8) is 0 Å². The lowest BCUT2D eigenvalue weighted by molar-refractivity contribution is 0.411. The standard InChI is InChI=1S/C20H27N3/c1-20(2,3)14-16-8-9-18(15-10-12-21-13-11-15)23-19(16)22-17-6-4-5-7-17/h8-13,17H,4-7,14H2,1-3H3,(H,22,23). The SMILES string of the molecule is CC(C)(C)Cc1ccc(-c2ccncc2)nc1NC1CCCC1. The second-order valence-electron chi connectivity index (χ2n) is 7.80. The molecule has 1 N–H and O–H groups in total. The minimum absolute atomic E-state index is 0.256. The van der Waals surface area contributed by atoms with E-state index in [0.29, 0.717) is 6.04 Å². The molecule has 3 rings (SSSR count). The van der Waals surface area contributed by atoms with Crippen molar-refractivity contribution in [2.75, 3.05) is 5.32 Å². The average Bonchev–Trinajstić information content (AvgIpc) is 3.01. The molecule has 2 aromatic rings. The highest BCUT2D eigenvalue weighted by Crippen LogP contribution is 2.30. The zero-order valence-electron chi connectivity index (χ0n) is 14.5. The van der Waals surface area contributed by atoms with E-state index in [2.05, 4.69) is 43.2 Å². The van der Waals surface area contributed by atoms with Crippen LogP contribution in [0.3, 0.4) is 0 Å². The molecule has 1 aliphatic carbocycles. The van der Waals surface area contributed by atoms with Gasteiger partial charge < -0.3 is 5.32 Å². The molecule has 0 radical (unpaired) electrons. The maximum atomic E-state index is 4.95. The molecule has 1 saturated carbocycles. The summed E-state index contributed by atoms with van der Waals surface area (Å²) in [6, 6.07) is 8.99. The Morgan fingerprint density at radius 1 is 1.04 bits per heavy atom. The summed E-state index contributed by atoms with van der Waals surface area (Å²) in [5.41, 5.74) is 3.72. The van der Waals surface area contributed by atoms with Gasteiger partial charge in [0.15, 0.2) is 0 Å². The van der Waals surface area contributed by atoms with Crippen LogP contribution < -0.4 is 5.32 Å². The Bertz CT molecular complexity index is 638. The zero-order valence-corrected chi connectivity index (χ0v) is 14.5. The Hall–Kier alpha value is -1.90. The summed E-state index contributed by atoms with van der Waals surface area (Å²) < 4.78 is 0. The van der Waals surface area contributed by atoms with Crippen LogP contribution in [0, 0.1) is 5.41 Å². The van der Waals surface area contributed by atoms with Crippen molar-refractivity contribution in [1.29, 1.82) is 0 Å². The Labute approximate surface area is 139 Å². The van der Waals surface area contributed by atoms with Gasteiger partial charge in [-0.25, -0.2) is 4.98 Å². The summed E-state index contributed by atoms with van der Waals surface area (Å²) in [6.45, 7) is 6.84. The van der Waals surface area contributed by atoms with Crippen molar-refractivity contribution < 1.29 is 0 Å². The van der Waals surface area contributed by atoms with Crippen molar-refractivity contribution in [3.05, 3.63) is 42.2 Å². The summed E-state index contributed by atoms with van der Waals surface area (Å²) in [5.74, 6) is 1.07. The number of nitrogens with one attached hydrogen (secondary N) is 1. The van der Waals surface area contributed by atoms with Gasteiger partial charge in [-0.3, -0.25) is 4.98 Å². The summed E-state index contributed by atoms with van der Waals surface area (Å²) in [4.78, 5) is 9.05. The Kier molecular flexibility index (Phi) is 4.65. The number of nitrogens with zero attached hydrogens (tertiary/aromatic N) is 2. The van der Waals surface area contributed by atoms with Crippen molar-refractivity contribution in [2.45, 2.75) is 58.9 Å². The molecule has 0 amide bonds. The van der Waals surface area contributed by atoms with Gasteiger partial charge in [0.1, 0.15) is 5.82 Å². The summed E-state index contributed by atoms with van der Waals surface area (Å²) in [6.07, 6.45) is 9.86. The van der Waals surface area contributed by atoms with Gasteiger partial charge in [0.2, 0.25) is 0 Å². The van der Waals surface area contributed by atoms with E-state index in [1.54, 1.807) is 0 Å². The van der Waals surface area contributed by atoms with Crippen molar-refractivity contribution in [3.8, 4) is 11.3 Å². The third-order valence-corrected chi connectivity index (χ3v) is 4.37. The van der Waals surface area contributed by atoms with Gasteiger partial charge in [0.05, 0.1) is 5.69 Å². The molecule has 0 aromatic carbocycles. The smallest absolute Gasteiger partial charge is 0.130 e. The molecule has 23 heavy (non-hydrogen) atoms. The summed E-state index contributed by atoms with van der Waals surface area (Å²) in [7, 11) is 0. The normalized spacial score (nSPS) is 15.8. The van der Waals surface area contributed by atoms with Gasteiger partial charge in [-0.1, -0.05) is 39.7 Å². The average molecular weight is 309 g/mol. The first kappa shape index (κ1) is 16.0. The maximum absolute atomic E-state index is 4.95. The first-order valence-corrected chi connectivity index (χ1v) is 8.68. The van der Waals surface area contributed by atoms with Gasteiger partial charge >= 0.3 is 0 Å². The van der Waals surface area contributed by atoms with Crippen molar-refractivity contribution in [1.82, 2.24) is 9.97 Å². The van der Waals surface area contributed by atoms with E-state index in [0.717, 1.165) is 23.5 Å².